The molecule has 1 aromatic carbocycles. The highest BCUT2D eigenvalue weighted by molar-refractivity contribution is 5.15. The molecule has 2 nitrogen and oxygen atoms in total. The average molecular weight is 175 g/mol. The average Bonchev–Trinajstić information content (AvgIpc) is 2.21. The maximum Gasteiger partial charge on any atom is 0.0923 e. The van der Waals surface area contributed by atoms with Crippen molar-refractivity contribution in [2.75, 3.05) is 6.61 Å². The number of terminal acetylenes is 1. The third-order valence-corrected chi connectivity index (χ3v) is 1.78. The lowest BCUT2D eigenvalue weighted by atomic mass is 10.2. The molecule has 0 amide bonds. The van der Waals surface area contributed by atoms with Crippen molar-refractivity contribution in [3.05, 3.63) is 35.9 Å². The third-order valence-electron chi connectivity index (χ3n) is 1.78. The second kappa shape index (κ2) is 5.36. The van der Waals surface area contributed by atoms with Crippen LogP contribution in [0, 0.1) is 12.3 Å². The van der Waals surface area contributed by atoms with E-state index in [-0.39, 0.29) is 12.6 Å². The number of aliphatic hydroxyl groups excluding tert-OH is 1. The van der Waals surface area contributed by atoms with Crippen LogP contribution in [0.25, 0.3) is 0 Å². The molecule has 68 valence electrons. The largest absolute Gasteiger partial charge is 0.394 e. The zero-order valence-corrected chi connectivity index (χ0v) is 7.40. The van der Waals surface area contributed by atoms with Gasteiger partial charge in [-0.25, -0.2) is 0 Å². The molecule has 0 aromatic heterocycles. The summed E-state index contributed by atoms with van der Waals surface area (Å²) in [7, 11) is 0. The van der Waals surface area contributed by atoms with Crippen LogP contribution in [0.15, 0.2) is 30.3 Å². The number of benzene rings is 1. The van der Waals surface area contributed by atoms with E-state index >= 15 is 0 Å². The van der Waals surface area contributed by atoms with E-state index in [9.17, 15) is 0 Å². The summed E-state index contributed by atoms with van der Waals surface area (Å²) < 4.78 is 0. The van der Waals surface area contributed by atoms with Crippen molar-refractivity contribution in [1.29, 1.82) is 0 Å². The highest BCUT2D eigenvalue weighted by atomic mass is 16.3. The SMILES string of the molecule is C#CC(CO)NCc1ccccc1. The Labute approximate surface area is 78.6 Å². The molecule has 2 N–H and O–H groups in total. The maximum atomic E-state index is 8.80. The predicted molar refractivity (Wildman–Crippen MR) is 53.0 cm³/mol. The number of hydrogen-bond donors (Lipinski definition) is 2. The van der Waals surface area contributed by atoms with Crippen molar-refractivity contribution in [2.24, 2.45) is 0 Å². The van der Waals surface area contributed by atoms with Crippen LogP contribution in [0.1, 0.15) is 5.56 Å². The molecule has 0 fully saturated rings. The van der Waals surface area contributed by atoms with Gasteiger partial charge in [-0.1, -0.05) is 36.3 Å². The Morgan fingerprint density at radius 3 is 2.62 bits per heavy atom. The summed E-state index contributed by atoms with van der Waals surface area (Å²) >= 11 is 0. The van der Waals surface area contributed by atoms with Gasteiger partial charge in [0.1, 0.15) is 0 Å². The van der Waals surface area contributed by atoms with Gasteiger partial charge in [0.25, 0.3) is 0 Å². The molecule has 0 bridgehead atoms. The molecule has 0 saturated carbocycles. The standard InChI is InChI=1S/C11H13NO/c1-2-11(9-13)12-8-10-6-4-3-5-7-10/h1,3-7,11-13H,8-9H2. The van der Waals surface area contributed by atoms with Gasteiger partial charge < -0.3 is 5.11 Å². The summed E-state index contributed by atoms with van der Waals surface area (Å²) in [6, 6.07) is 9.69. The molecule has 0 saturated heterocycles. The predicted octanol–water partition coefficient (Wildman–Crippen LogP) is 0.770. The zero-order chi connectivity index (χ0) is 9.52. The highest BCUT2D eigenvalue weighted by Gasteiger charge is 2.00. The lowest BCUT2D eigenvalue weighted by molar-refractivity contribution is 0.268. The number of nitrogens with one attached hydrogen (secondary N) is 1. The van der Waals surface area contributed by atoms with Crippen molar-refractivity contribution in [2.45, 2.75) is 12.6 Å². The Hall–Kier alpha value is -1.30. The van der Waals surface area contributed by atoms with Crippen molar-refractivity contribution in [3.63, 3.8) is 0 Å². The molecular weight excluding hydrogens is 162 g/mol. The molecule has 0 heterocycles. The van der Waals surface area contributed by atoms with E-state index in [0.717, 1.165) is 5.56 Å². The van der Waals surface area contributed by atoms with Gasteiger partial charge in [-0.3, -0.25) is 5.32 Å². The topological polar surface area (TPSA) is 32.3 Å². The lowest BCUT2D eigenvalue weighted by Gasteiger charge is -2.09. The van der Waals surface area contributed by atoms with Crippen LogP contribution in [0.3, 0.4) is 0 Å². The smallest absolute Gasteiger partial charge is 0.0923 e. The van der Waals surface area contributed by atoms with E-state index < -0.39 is 0 Å². The monoisotopic (exact) mass is 175 g/mol. The Morgan fingerprint density at radius 2 is 2.08 bits per heavy atom. The fourth-order valence-electron chi connectivity index (χ4n) is 1.01. The molecule has 2 heteroatoms. The van der Waals surface area contributed by atoms with Crippen molar-refractivity contribution in [1.82, 2.24) is 5.32 Å². The zero-order valence-electron chi connectivity index (χ0n) is 7.40. The van der Waals surface area contributed by atoms with Gasteiger partial charge in [0.2, 0.25) is 0 Å². The second-order valence-electron chi connectivity index (χ2n) is 2.77. The summed E-state index contributed by atoms with van der Waals surface area (Å²) in [5.41, 5.74) is 1.16. The first-order valence-corrected chi connectivity index (χ1v) is 4.21. The van der Waals surface area contributed by atoms with Crippen molar-refractivity contribution >= 4 is 0 Å². The second-order valence-corrected chi connectivity index (χ2v) is 2.77. The van der Waals surface area contributed by atoms with Gasteiger partial charge >= 0.3 is 0 Å². The molecular formula is C11H13NO. The summed E-state index contributed by atoms with van der Waals surface area (Å²) in [6.45, 7) is 0.666. The quantitative estimate of drug-likeness (QED) is 0.662. The fourth-order valence-corrected chi connectivity index (χ4v) is 1.01. The van der Waals surface area contributed by atoms with Gasteiger partial charge in [0.15, 0.2) is 0 Å². The van der Waals surface area contributed by atoms with E-state index in [1.54, 1.807) is 0 Å². The van der Waals surface area contributed by atoms with E-state index in [1.165, 1.54) is 0 Å². The van der Waals surface area contributed by atoms with Gasteiger partial charge in [-0.15, -0.1) is 6.42 Å². The number of hydrogen-bond acceptors (Lipinski definition) is 2. The Morgan fingerprint density at radius 1 is 1.38 bits per heavy atom. The third kappa shape index (κ3) is 3.29. The molecule has 1 aromatic rings. The van der Waals surface area contributed by atoms with E-state index in [2.05, 4.69) is 11.2 Å². The first-order chi connectivity index (χ1) is 6.36. The van der Waals surface area contributed by atoms with Crippen LogP contribution in [-0.4, -0.2) is 17.8 Å². The Balaban J connectivity index is 2.40. The summed E-state index contributed by atoms with van der Waals surface area (Å²) in [6.07, 6.45) is 5.17. The van der Waals surface area contributed by atoms with Gasteiger partial charge in [0.05, 0.1) is 12.6 Å². The summed E-state index contributed by atoms with van der Waals surface area (Å²) in [5.74, 6) is 2.46. The minimum absolute atomic E-state index is 0.0245. The van der Waals surface area contributed by atoms with Gasteiger partial charge in [0, 0.05) is 6.54 Å². The van der Waals surface area contributed by atoms with Crippen LogP contribution in [-0.2, 0) is 6.54 Å². The van der Waals surface area contributed by atoms with Gasteiger partial charge in [-0.2, -0.15) is 0 Å². The molecule has 1 unspecified atom stereocenters. The number of rotatable bonds is 4. The van der Waals surface area contributed by atoms with Crippen molar-refractivity contribution in [3.8, 4) is 12.3 Å². The lowest BCUT2D eigenvalue weighted by Crippen LogP contribution is -2.30. The molecule has 0 aliphatic heterocycles. The maximum absolute atomic E-state index is 8.80. The van der Waals surface area contributed by atoms with Gasteiger partial charge in [-0.05, 0) is 5.56 Å². The molecule has 1 atom stereocenters. The first kappa shape index (κ1) is 9.79. The fraction of sp³-hybridized carbons (Fsp3) is 0.273. The van der Waals surface area contributed by atoms with Crippen LogP contribution >= 0.6 is 0 Å². The first-order valence-electron chi connectivity index (χ1n) is 4.21. The van der Waals surface area contributed by atoms with Crippen molar-refractivity contribution < 1.29 is 5.11 Å². The van der Waals surface area contributed by atoms with Crippen LogP contribution in [0.4, 0.5) is 0 Å². The molecule has 0 aliphatic rings. The number of aliphatic hydroxyl groups is 1. The Bertz CT molecular complexity index is 276. The van der Waals surface area contributed by atoms with E-state index in [0.29, 0.717) is 6.54 Å². The minimum atomic E-state index is -0.250. The molecule has 0 aliphatic carbocycles. The Kier molecular flexibility index (Phi) is 4.04. The van der Waals surface area contributed by atoms with Crippen LogP contribution < -0.4 is 5.32 Å². The molecule has 13 heavy (non-hydrogen) atoms. The highest BCUT2D eigenvalue weighted by Crippen LogP contribution is 1.97. The molecule has 1 rings (SSSR count). The minimum Gasteiger partial charge on any atom is -0.394 e. The normalized spacial score (nSPS) is 12.0. The van der Waals surface area contributed by atoms with E-state index in [1.807, 2.05) is 30.3 Å². The summed E-state index contributed by atoms with van der Waals surface area (Å²) in [5, 5.41) is 11.8. The van der Waals surface area contributed by atoms with E-state index in [4.69, 9.17) is 11.5 Å². The van der Waals surface area contributed by atoms with Crippen LogP contribution in [0.5, 0.6) is 0 Å². The molecule has 0 spiro atoms. The van der Waals surface area contributed by atoms with Crippen LogP contribution in [0.2, 0.25) is 0 Å². The summed E-state index contributed by atoms with van der Waals surface area (Å²) in [4.78, 5) is 0. The molecule has 0 radical (unpaired) electrons.